The summed E-state index contributed by atoms with van der Waals surface area (Å²) < 4.78 is 88.9. The van der Waals surface area contributed by atoms with Gasteiger partial charge in [-0.2, -0.15) is 21.4 Å². The summed E-state index contributed by atoms with van der Waals surface area (Å²) in [6.07, 6.45) is 18.4. The highest BCUT2D eigenvalue weighted by Gasteiger charge is 2.47. The van der Waals surface area contributed by atoms with Crippen LogP contribution in [0.5, 0.6) is 0 Å². The summed E-state index contributed by atoms with van der Waals surface area (Å²) in [6.45, 7) is 17.4. The molecule has 3 aliphatic heterocycles. The summed E-state index contributed by atoms with van der Waals surface area (Å²) in [6, 6.07) is 25.7. The summed E-state index contributed by atoms with van der Waals surface area (Å²) >= 11 is 0. The third kappa shape index (κ3) is 16.5. The number of carbonyl (C=O) groups excluding carboxylic acids is 3. The fourth-order valence-electron chi connectivity index (χ4n) is 11.0. The maximum atomic E-state index is 12.7. The van der Waals surface area contributed by atoms with Crippen molar-refractivity contribution < 1.29 is 63.8 Å². The van der Waals surface area contributed by atoms with Crippen LogP contribution < -0.4 is 10.2 Å². The third-order valence-corrected chi connectivity index (χ3v) is 16.9. The minimum Gasteiger partial charge on any atom is -0.379 e. The molecule has 1 saturated heterocycles. The Hall–Kier alpha value is -6.16. The molecule has 1 atom stereocenters. The number of hydrogen-bond donors (Lipinski definition) is 3. The van der Waals surface area contributed by atoms with Crippen molar-refractivity contribution in [2.45, 2.75) is 95.1 Å². The van der Waals surface area contributed by atoms with E-state index in [0.29, 0.717) is 90.6 Å². The van der Waals surface area contributed by atoms with Crippen LogP contribution >= 0.6 is 0 Å². The van der Waals surface area contributed by atoms with E-state index in [-0.39, 0.29) is 35.6 Å². The number of imide groups is 1. The number of nitrogens with one attached hydrogen (secondary N) is 1. The first-order valence-corrected chi connectivity index (χ1v) is 31.0. The fraction of sp³-hybridized carbons (Fsp3) is 0.452. The molecule has 0 spiro atoms. The van der Waals surface area contributed by atoms with Crippen LogP contribution in [0.15, 0.2) is 133 Å². The summed E-state index contributed by atoms with van der Waals surface area (Å²) in [7, 11) is -8.68. The van der Waals surface area contributed by atoms with Crippen molar-refractivity contribution in [2.75, 3.05) is 89.7 Å². The Morgan fingerprint density at radius 2 is 1.30 bits per heavy atom. The predicted molar refractivity (Wildman–Crippen MR) is 317 cm³/mol. The van der Waals surface area contributed by atoms with Gasteiger partial charge in [-0.25, -0.2) is 0 Å². The van der Waals surface area contributed by atoms with Crippen LogP contribution in [0.1, 0.15) is 90.2 Å². The lowest BCUT2D eigenvalue weighted by Gasteiger charge is -2.27. The van der Waals surface area contributed by atoms with Gasteiger partial charge in [0, 0.05) is 67.0 Å². The number of fused-ring (bicyclic) bond motifs is 6. The molecular weight excluding hydrogens is 1070 g/mol. The fourth-order valence-corrected chi connectivity index (χ4v) is 12.3. The number of amides is 3. The van der Waals surface area contributed by atoms with Gasteiger partial charge in [-0.15, -0.1) is 0 Å². The topological polar surface area (TPSA) is 218 Å². The van der Waals surface area contributed by atoms with Crippen molar-refractivity contribution in [1.82, 2.24) is 10.2 Å². The van der Waals surface area contributed by atoms with Gasteiger partial charge in [0.1, 0.15) is 6.54 Å². The van der Waals surface area contributed by atoms with Crippen molar-refractivity contribution in [1.29, 1.82) is 0 Å². The highest BCUT2D eigenvalue weighted by atomic mass is 32.2. The molecule has 0 aliphatic carbocycles. The van der Waals surface area contributed by atoms with Crippen LogP contribution in [-0.4, -0.2) is 149 Å². The highest BCUT2D eigenvalue weighted by molar-refractivity contribution is 7.87. The number of hydrogen-bond acceptors (Lipinski definition) is 12. The summed E-state index contributed by atoms with van der Waals surface area (Å²) in [5.41, 5.74) is 7.15. The van der Waals surface area contributed by atoms with Crippen molar-refractivity contribution >= 4 is 76.6 Å². The number of nitrogens with zero attached hydrogens (tertiary/aromatic N) is 3. The zero-order valence-corrected chi connectivity index (χ0v) is 48.8. The van der Waals surface area contributed by atoms with E-state index in [9.17, 15) is 40.3 Å². The zero-order chi connectivity index (χ0) is 58.2. The standard InChI is InChI=1S/C62H78N4O13S2/c1-46(45-66-57(68)44-53(60(66)69)81(73,74)75)31-35-76-37-39-78-41-42-79-40-38-77-36-32-63-56(67)26-12-9-17-33-64-51-29-27-47-20-13-15-22-49(47)58(51)61(2,3)54(64)24-10-7-6-8-11-25-55-62(4,5)59-50-23-16-14-21-48(50)28-30-52(59)65(55)34-18-19-43-80(70,71)72/h6-8,10-11,13-16,20-25,27-30,53H,1,9,12,17-19,26,31-45H2,2-5H3,(H2-,63,67,70,71,72,73,74,75)/p+1. The molecule has 0 aromatic heterocycles. The Kier molecular flexibility index (Phi) is 22.1. The van der Waals surface area contributed by atoms with E-state index < -0.39 is 43.7 Å². The molecule has 3 N–H and O–H groups in total. The summed E-state index contributed by atoms with van der Waals surface area (Å²) in [4.78, 5) is 40.0. The highest BCUT2D eigenvalue weighted by Crippen LogP contribution is 2.51. The monoisotopic (exact) mass is 1150 g/mol. The van der Waals surface area contributed by atoms with Gasteiger partial charge >= 0.3 is 0 Å². The average Bonchev–Trinajstić information content (AvgIpc) is 2.51. The molecule has 17 nitrogen and oxygen atoms in total. The summed E-state index contributed by atoms with van der Waals surface area (Å²) in [5, 5.41) is 6.02. The van der Waals surface area contributed by atoms with Gasteiger partial charge in [0.25, 0.3) is 26.1 Å². The largest absolute Gasteiger partial charge is 0.379 e. The number of benzene rings is 4. The molecule has 3 aliphatic rings. The quantitative estimate of drug-likeness (QED) is 0.0101. The second-order valence-corrected chi connectivity index (χ2v) is 24.8. The number of rotatable bonds is 33. The van der Waals surface area contributed by atoms with E-state index in [0.717, 1.165) is 42.1 Å². The van der Waals surface area contributed by atoms with Crippen molar-refractivity contribution in [2.24, 2.45) is 0 Å². The van der Waals surface area contributed by atoms with E-state index in [1.54, 1.807) is 0 Å². The molecule has 81 heavy (non-hydrogen) atoms. The Bertz CT molecular complexity index is 3310. The van der Waals surface area contributed by atoms with E-state index in [2.05, 4.69) is 146 Å². The van der Waals surface area contributed by atoms with Crippen molar-refractivity contribution in [3.05, 3.63) is 144 Å². The number of allylic oxidation sites excluding steroid dienone is 8. The van der Waals surface area contributed by atoms with E-state index in [1.807, 2.05) is 18.2 Å². The minimum atomic E-state index is -4.65. The lowest BCUT2D eigenvalue weighted by Crippen LogP contribution is -2.36. The molecule has 1 unspecified atom stereocenters. The molecule has 0 radical (unpaired) electrons. The summed E-state index contributed by atoms with van der Waals surface area (Å²) in [5.74, 6) is -1.89. The zero-order valence-electron chi connectivity index (χ0n) is 47.1. The van der Waals surface area contributed by atoms with Gasteiger partial charge in [0.05, 0.1) is 70.4 Å². The number of unbranched alkanes of at least 4 members (excludes halogenated alkanes) is 3. The molecule has 3 amide bonds. The normalized spacial score (nSPS) is 17.6. The minimum absolute atomic E-state index is 0.00414. The smallest absolute Gasteiger partial charge is 0.277 e. The van der Waals surface area contributed by atoms with Crippen molar-refractivity contribution in [3.8, 4) is 0 Å². The SMILES string of the molecule is C=C(CCOCCOCCOCCOCCNC(=O)CCCCC[N+]1=C(/C=C/C=C/C=C/C=C2\N(CCCCS(=O)(=O)O)c3ccc4ccccc4c3C2(C)C)C(C)(C)c2c1ccc1ccccc21)CN1C(=O)CC(S(=O)(=O)O)C1=O. The average molecular weight is 1150 g/mol. The maximum Gasteiger partial charge on any atom is 0.277 e. The molecule has 19 heteroatoms. The van der Waals surface area contributed by atoms with Crippen LogP contribution in [0.2, 0.25) is 0 Å². The van der Waals surface area contributed by atoms with Crippen LogP contribution in [0.25, 0.3) is 21.5 Å². The molecule has 3 heterocycles. The Balaban J connectivity index is 0.809. The molecule has 4 aromatic rings. The van der Waals surface area contributed by atoms with Gasteiger partial charge in [0.2, 0.25) is 17.5 Å². The second-order valence-electron chi connectivity index (χ2n) is 21.6. The van der Waals surface area contributed by atoms with Gasteiger partial charge in [-0.3, -0.25) is 28.4 Å². The van der Waals surface area contributed by atoms with Crippen LogP contribution in [0.4, 0.5) is 11.4 Å². The molecule has 436 valence electrons. The predicted octanol–water partition coefficient (Wildman–Crippen LogP) is 9.09. The first kappa shape index (κ1) is 62.4. The number of ether oxygens (including phenoxy) is 4. The maximum absolute atomic E-state index is 12.7. The Morgan fingerprint density at radius 1 is 0.691 bits per heavy atom. The lowest BCUT2D eigenvalue weighted by molar-refractivity contribution is -0.438. The molecule has 7 rings (SSSR count). The number of carbonyl (C=O) groups is 3. The van der Waals surface area contributed by atoms with Crippen LogP contribution in [-0.2, 0) is 64.4 Å². The molecular formula is C62H79N4O13S2+. The third-order valence-electron chi connectivity index (χ3n) is 15.0. The van der Waals surface area contributed by atoms with Gasteiger partial charge in [0.15, 0.2) is 11.0 Å². The Labute approximate surface area is 477 Å². The van der Waals surface area contributed by atoms with E-state index in [1.165, 1.54) is 44.1 Å². The van der Waals surface area contributed by atoms with Crippen LogP contribution in [0, 0.1) is 0 Å². The molecule has 0 bridgehead atoms. The van der Waals surface area contributed by atoms with Crippen molar-refractivity contribution in [3.63, 3.8) is 0 Å². The van der Waals surface area contributed by atoms with Gasteiger partial charge in [-0.05, 0) is 91.3 Å². The van der Waals surface area contributed by atoms with Crippen LogP contribution in [0.3, 0.4) is 0 Å². The molecule has 1 fully saturated rings. The van der Waals surface area contributed by atoms with E-state index >= 15 is 0 Å². The second kappa shape index (κ2) is 28.7. The number of likely N-dealkylation sites (tertiary alicyclic amines) is 1. The Morgan fingerprint density at radius 3 is 1.95 bits per heavy atom. The van der Waals surface area contributed by atoms with E-state index in [4.69, 9.17) is 18.9 Å². The molecule has 4 aromatic carbocycles. The van der Waals surface area contributed by atoms with Gasteiger partial charge < -0.3 is 29.2 Å². The first-order valence-electron chi connectivity index (χ1n) is 27.9. The lowest BCUT2D eigenvalue weighted by atomic mass is 9.79. The molecule has 0 saturated carbocycles. The van der Waals surface area contributed by atoms with Gasteiger partial charge in [-0.1, -0.05) is 111 Å². The first-order chi connectivity index (χ1) is 38.7. The number of anilines is 1.